The Labute approximate surface area is 151 Å². The van der Waals surface area contributed by atoms with E-state index in [0.717, 1.165) is 17.6 Å². The maximum atomic E-state index is 12.8. The highest BCUT2D eigenvalue weighted by atomic mass is 19.4. The number of rotatable bonds is 2. The highest BCUT2D eigenvalue weighted by Crippen LogP contribution is 2.30. The van der Waals surface area contributed by atoms with Gasteiger partial charge in [-0.15, -0.1) is 0 Å². The highest BCUT2D eigenvalue weighted by molar-refractivity contribution is 6.06. The molecule has 0 aliphatic carbocycles. The van der Waals surface area contributed by atoms with E-state index in [-0.39, 0.29) is 11.3 Å². The molecule has 0 fully saturated rings. The summed E-state index contributed by atoms with van der Waals surface area (Å²) in [7, 11) is 0. The zero-order valence-corrected chi connectivity index (χ0v) is 13.8. The average molecular weight is 367 g/mol. The Balaban J connectivity index is 1.65. The van der Waals surface area contributed by atoms with E-state index in [0.29, 0.717) is 16.6 Å². The van der Waals surface area contributed by atoms with Crippen molar-refractivity contribution in [3.8, 4) is 0 Å². The van der Waals surface area contributed by atoms with Crippen molar-refractivity contribution >= 4 is 33.7 Å². The topological polar surface area (TPSA) is 54.9 Å². The fourth-order valence-corrected chi connectivity index (χ4v) is 2.74. The summed E-state index contributed by atoms with van der Waals surface area (Å²) in [6, 6.07) is 16.7. The lowest BCUT2D eigenvalue weighted by Crippen LogP contribution is -2.13. The van der Waals surface area contributed by atoms with Crippen molar-refractivity contribution in [3.05, 3.63) is 77.9 Å². The second kappa shape index (κ2) is 6.35. The van der Waals surface area contributed by atoms with Gasteiger partial charge in [0.05, 0.1) is 27.6 Å². The van der Waals surface area contributed by atoms with Crippen LogP contribution in [0.3, 0.4) is 0 Å². The lowest BCUT2D eigenvalue weighted by atomic mass is 10.1. The number of amides is 1. The molecule has 4 rings (SSSR count). The van der Waals surface area contributed by atoms with E-state index >= 15 is 0 Å². The third kappa shape index (κ3) is 3.44. The monoisotopic (exact) mass is 367 g/mol. The number of para-hydroxylation sites is 2. The van der Waals surface area contributed by atoms with E-state index in [1.807, 2.05) is 24.3 Å². The van der Waals surface area contributed by atoms with Gasteiger partial charge >= 0.3 is 6.18 Å². The Kier molecular flexibility index (Phi) is 3.99. The molecule has 0 atom stereocenters. The summed E-state index contributed by atoms with van der Waals surface area (Å²) in [5.74, 6) is -0.522. The van der Waals surface area contributed by atoms with Gasteiger partial charge in [0.1, 0.15) is 0 Å². The Morgan fingerprint density at radius 2 is 1.44 bits per heavy atom. The van der Waals surface area contributed by atoms with Gasteiger partial charge in [0.15, 0.2) is 0 Å². The van der Waals surface area contributed by atoms with E-state index < -0.39 is 17.6 Å². The highest BCUT2D eigenvalue weighted by Gasteiger charge is 2.30. The van der Waals surface area contributed by atoms with Crippen LogP contribution < -0.4 is 5.32 Å². The minimum Gasteiger partial charge on any atom is -0.322 e. The van der Waals surface area contributed by atoms with Gasteiger partial charge in [0, 0.05) is 11.3 Å². The molecule has 4 nitrogen and oxygen atoms in total. The van der Waals surface area contributed by atoms with Crippen LogP contribution in [-0.4, -0.2) is 15.9 Å². The molecule has 27 heavy (non-hydrogen) atoms. The third-order valence-electron chi connectivity index (χ3n) is 4.05. The number of hydrogen-bond acceptors (Lipinski definition) is 3. The lowest BCUT2D eigenvalue weighted by Gasteiger charge is -2.10. The van der Waals surface area contributed by atoms with Crippen molar-refractivity contribution in [2.24, 2.45) is 0 Å². The molecule has 0 spiro atoms. The molecule has 0 bridgehead atoms. The molecule has 0 aliphatic rings. The minimum absolute atomic E-state index is 0.0690. The number of alkyl halides is 3. The summed E-state index contributed by atoms with van der Waals surface area (Å²) in [4.78, 5) is 21.4. The lowest BCUT2D eigenvalue weighted by molar-refractivity contribution is -0.137. The molecule has 0 aliphatic heterocycles. The van der Waals surface area contributed by atoms with Gasteiger partial charge in [0.25, 0.3) is 5.91 Å². The summed E-state index contributed by atoms with van der Waals surface area (Å²) >= 11 is 0. The van der Waals surface area contributed by atoms with Crippen LogP contribution in [0.5, 0.6) is 0 Å². The standard InChI is InChI=1S/C20H12F3N3O/c21-20(22,23)13-4-3-5-14(11-13)24-19(27)12-8-9-17-18(10-12)26-16-7-2-1-6-15(16)25-17/h1-11H,(H,24,27). The summed E-state index contributed by atoms with van der Waals surface area (Å²) < 4.78 is 38.4. The smallest absolute Gasteiger partial charge is 0.322 e. The van der Waals surface area contributed by atoms with Crippen LogP contribution in [0.2, 0.25) is 0 Å². The number of benzene rings is 3. The molecular weight excluding hydrogens is 355 g/mol. The number of fused-ring (bicyclic) bond motifs is 2. The van der Waals surface area contributed by atoms with E-state index in [2.05, 4.69) is 15.3 Å². The molecule has 1 N–H and O–H groups in total. The van der Waals surface area contributed by atoms with E-state index in [4.69, 9.17) is 0 Å². The Bertz CT molecular complexity index is 1170. The Morgan fingerprint density at radius 3 is 2.15 bits per heavy atom. The van der Waals surface area contributed by atoms with Gasteiger partial charge in [-0.3, -0.25) is 4.79 Å². The number of carbonyl (C=O) groups excluding carboxylic acids is 1. The molecular formula is C20H12F3N3O. The van der Waals surface area contributed by atoms with Crippen molar-refractivity contribution < 1.29 is 18.0 Å². The summed E-state index contributed by atoms with van der Waals surface area (Å²) in [6.45, 7) is 0. The predicted molar refractivity (Wildman–Crippen MR) is 96.4 cm³/mol. The SMILES string of the molecule is O=C(Nc1cccc(C(F)(F)F)c1)c1ccc2nc3ccccc3nc2c1. The second-order valence-electron chi connectivity index (χ2n) is 5.95. The maximum absolute atomic E-state index is 12.8. The molecule has 0 radical (unpaired) electrons. The van der Waals surface area contributed by atoms with E-state index in [1.165, 1.54) is 12.1 Å². The van der Waals surface area contributed by atoms with Crippen LogP contribution in [0.25, 0.3) is 22.1 Å². The molecule has 1 amide bonds. The number of hydrogen-bond donors (Lipinski definition) is 1. The van der Waals surface area contributed by atoms with Gasteiger partial charge in [-0.25, -0.2) is 9.97 Å². The van der Waals surface area contributed by atoms with Gasteiger partial charge in [0.2, 0.25) is 0 Å². The van der Waals surface area contributed by atoms with Crippen molar-refractivity contribution in [2.45, 2.75) is 6.18 Å². The summed E-state index contributed by atoms with van der Waals surface area (Å²) in [5, 5.41) is 2.49. The average Bonchev–Trinajstić information content (AvgIpc) is 2.65. The van der Waals surface area contributed by atoms with Crippen LogP contribution in [0, 0.1) is 0 Å². The van der Waals surface area contributed by atoms with E-state index in [1.54, 1.807) is 18.2 Å². The minimum atomic E-state index is -4.47. The molecule has 3 aromatic carbocycles. The number of nitrogens with zero attached hydrogens (tertiary/aromatic N) is 2. The fourth-order valence-electron chi connectivity index (χ4n) is 2.74. The predicted octanol–water partition coefficient (Wildman–Crippen LogP) is 5.05. The van der Waals surface area contributed by atoms with Crippen molar-refractivity contribution in [2.75, 3.05) is 5.32 Å². The summed E-state index contributed by atoms with van der Waals surface area (Å²) in [5.41, 5.74) is 2.13. The molecule has 7 heteroatoms. The zero-order chi connectivity index (χ0) is 19.0. The first kappa shape index (κ1) is 17.0. The van der Waals surface area contributed by atoms with Gasteiger partial charge in [-0.05, 0) is 48.5 Å². The second-order valence-corrected chi connectivity index (χ2v) is 5.95. The molecule has 0 saturated carbocycles. The number of nitrogens with one attached hydrogen (secondary N) is 1. The van der Waals surface area contributed by atoms with Crippen LogP contribution in [-0.2, 0) is 6.18 Å². The van der Waals surface area contributed by atoms with Crippen LogP contribution in [0.15, 0.2) is 66.7 Å². The number of aromatic nitrogens is 2. The summed E-state index contributed by atoms with van der Waals surface area (Å²) in [6.07, 6.45) is -4.47. The fraction of sp³-hybridized carbons (Fsp3) is 0.0500. The van der Waals surface area contributed by atoms with Gasteiger partial charge < -0.3 is 5.32 Å². The molecule has 1 heterocycles. The first-order valence-corrected chi connectivity index (χ1v) is 8.05. The van der Waals surface area contributed by atoms with Gasteiger partial charge in [-0.2, -0.15) is 13.2 Å². The Hall–Kier alpha value is -3.48. The Morgan fingerprint density at radius 1 is 0.778 bits per heavy atom. The first-order chi connectivity index (χ1) is 12.9. The molecule has 0 saturated heterocycles. The molecule has 1 aromatic heterocycles. The molecule has 0 unspecified atom stereocenters. The largest absolute Gasteiger partial charge is 0.416 e. The van der Waals surface area contributed by atoms with E-state index in [9.17, 15) is 18.0 Å². The van der Waals surface area contributed by atoms with Crippen LogP contribution in [0.4, 0.5) is 18.9 Å². The van der Waals surface area contributed by atoms with Crippen molar-refractivity contribution in [1.82, 2.24) is 9.97 Å². The molecule has 134 valence electrons. The normalized spacial score (nSPS) is 11.7. The molecule has 4 aromatic rings. The van der Waals surface area contributed by atoms with Crippen molar-refractivity contribution in [1.29, 1.82) is 0 Å². The quantitative estimate of drug-likeness (QED) is 0.504. The maximum Gasteiger partial charge on any atom is 0.416 e. The first-order valence-electron chi connectivity index (χ1n) is 8.05. The number of carbonyl (C=O) groups is 1. The third-order valence-corrected chi connectivity index (χ3v) is 4.05. The number of anilines is 1. The van der Waals surface area contributed by atoms with Crippen molar-refractivity contribution in [3.63, 3.8) is 0 Å². The van der Waals surface area contributed by atoms with Crippen LogP contribution in [0.1, 0.15) is 15.9 Å². The number of halogens is 3. The zero-order valence-electron chi connectivity index (χ0n) is 13.8. The van der Waals surface area contributed by atoms with Gasteiger partial charge in [-0.1, -0.05) is 18.2 Å². The van der Waals surface area contributed by atoms with Crippen LogP contribution >= 0.6 is 0 Å².